The van der Waals surface area contributed by atoms with Crippen molar-refractivity contribution in [2.45, 2.75) is 32.2 Å². The maximum Gasteiger partial charge on any atom is 0.409 e. The number of Topliss-reactive ketones (excluding diaryl/α,β-unsaturated/α-hetero) is 1. The Labute approximate surface area is 88.9 Å². The Kier molecular flexibility index (Phi) is 2.50. The van der Waals surface area contributed by atoms with Gasteiger partial charge in [0.2, 0.25) is 0 Å². The number of carbonyl (C=O) groups excluding carboxylic acids is 2. The van der Waals surface area contributed by atoms with Crippen molar-refractivity contribution in [2.24, 2.45) is 0 Å². The maximum absolute atomic E-state index is 11.5. The molecule has 2 rings (SSSR count). The number of carbonyl (C=O) groups is 2. The Balaban J connectivity index is 2.26. The second-order valence-electron chi connectivity index (χ2n) is 4.04. The molecule has 1 amide bonds. The molecule has 15 heavy (non-hydrogen) atoms. The molecule has 0 radical (unpaired) electrons. The predicted octanol–water partition coefficient (Wildman–Crippen LogP) is 1.51. The fourth-order valence-corrected chi connectivity index (χ4v) is 2.49. The van der Waals surface area contributed by atoms with Crippen LogP contribution in [0.1, 0.15) is 26.2 Å². The van der Waals surface area contributed by atoms with E-state index in [0.717, 1.165) is 24.0 Å². The van der Waals surface area contributed by atoms with E-state index < -0.39 is 0 Å². The number of fused-ring (bicyclic) bond motifs is 1. The molecule has 1 heterocycles. The van der Waals surface area contributed by atoms with Crippen molar-refractivity contribution >= 4 is 11.9 Å². The molecule has 4 heteroatoms. The van der Waals surface area contributed by atoms with Crippen molar-refractivity contribution in [3.05, 3.63) is 11.1 Å². The zero-order chi connectivity index (χ0) is 11.0. The summed E-state index contributed by atoms with van der Waals surface area (Å²) in [5.74, 6) is 0.230. The molecule has 1 aliphatic carbocycles. The molecule has 0 aromatic rings. The van der Waals surface area contributed by atoms with E-state index in [1.165, 1.54) is 7.11 Å². The van der Waals surface area contributed by atoms with Gasteiger partial charge in [0.15, 0.2) is 5.78 Å². The number of methoxy groups -OCH3 is 1. The van der Waals surface area contributed by atoms with Crippen LogP contribution in [0.4, 0.5) is 4.79 Å². The Bertz CT molecular complexity index is 346. The third-order valence-corrected chi connectivity index (χ3v) is 3.35. The summed E-state index contributed by atoms with van der Waals surface area (Å²) in [6.07, 6.45) is 1.84. The summed E-state index contributed by atoms with van der Waals surface area (Å²) in [6.45, 7) is 2.54. The minimum absolute atomic E-state index is 0.107. The molecule has 82 valence electrons. The van der Waals surface area contributed by atoms with Crippen LogP contribution in [0.15, 0.2) is 11.1 Å². The third kappa shape index (κ3) is 1.54. The smallest absolute Gasteiger partial charge is 0.409 e. The summed E-state index contributed by atoms with van der Waals surface area (Å²) >= 11 is 0. The van der Waals surface area contributed by atoms with Crippen LogP contribution in [-0.4, -0.2) is 36.5 Å². The lowest BCUT2D eigenvalue weighted by Gasteiger charge is -2.27. The van der Waals surface area contributed by atoms with Gasteiger partial charge in [0, 0.05) is 13.0 Å². The molecule has 0 aromatic carbocycles. The number of hydrogen-bond acceptors (Lipinski definition) is 3. The average molecular weight is 209 g/mol. The molecule has 0 spiro atoms. The van der Waals surface area contributed by atoms with Gasteiger partial charge in [-0.25, -0.2) is 4.79 Å². The predicted molar refractivity (Wildman–Crippen MR) is 54.5 cm³/mol. The van der Waals surface area contributed by atoms with Gasteiger partial charge >= 0.3 is 6.09 Å². The fourth-order valence-electron chi connectivity index (χ4n) is 2.49. The van der Waals surface area contributed by atoms with Crippen LogP contribution in [0.2, 0.25) is 0 Å². The summed E-state index contributed by atoms with van der Waals surface area (Å²) in [5, 5.41) is 0. The Morgan fingerprint density at radius 3 is 2.87 bits per heavy atom. The van der Waals surface area contributed by atoms with Crippen LogP contribution in [-0.2, 0) is 9.53 Å². The molecule has 1 aliphatic heterocycles. The second kappa shape index (κ2) is 3.68. The number of amides is 1. The summed E-state index contributed by atoms with van der Waals surface area (Å²) in [5.41, 5.74) is 1.99. The number of allylic oxidation sites excluding steroid dienone is 1. The van der Waals surface area contributed by atoms with Crippen molar-refractivity contribution in [3.8, 4) is 0 Å². The van der Waals surface area contributed by atoms with Gasteiger partial charge in [-0.3, -0.25) is 4.79 Å². The quantitative estimate of drug-likeness (QED) is 0.607. The van der Waals surface area contributed by atoms with Crippen molar-refractivity contribution < 1.29 is 14.3 Å². The first-order valence-electron chi connectivity index (χ1n) is 5.22. The van der Waals surface area contributed by atoms with Gasteiger partial charge in [-0.2, -0.15) is 0 Å². The minimum Gasteiger partial charge on any atom is -0.453 e. The summed E-state index contributed by atoms with van der Waals surface area (Å²) in [4.78, 5) is 24.7. The van der Waals surface area contributed by atoms with Gasteiger partial charge in [0.05, 0.1) is 13.2 Å². The first-order valence-corrected chi connectivity index (χ1v) is 5.22. The summed E-state index contributed by atoms with van der Waals surface area (Å²) in [6, 6.07) is 0.107. The van der Waals surface area contributed by atoms with Crippen molar-refractivity contribution in [1.29, 1.82) is 0 Å². The summed E-state index contributed by atoms with van der Waals surface area (Å²) < 4.78 is 4.72. The molecule has 2 aliphatic rings. The van der Waals surface area contributed by atoms with Crippen LogP contribution in [0, 0.1) is 0 Å². The highest BCUT2D eigenvalue weighted by Gasteiger charge is 2.37. The van der Waals surface area contributed by atoms with Gasteiger partial charge in [0.1, 0.15) is 0 Å². The van der Waals surface area contributed by atoms with Crippen molar-refractivity contribution in [2.75, 3.05) is 13.7 Å². The molecule has 0 N–H and O–H groups in total. The van der Waals surface area contributed by atoms with Crippen molar-refractivity contribution in [1.82, 2.24) is 4.90 Å². The lowest BCUT2D eigenvalue weighted by atomic mass is 9.88. The zero-order valence-corrected chi connectivity index (χ0v) is 9.08. The standard InChI is InChI=1S/C11H15NO3/c1-7-8-5-6-12(11(14)15-2)9(8)3-4-10(7)13/h9H,3-6H2,1-2H3. The molecule has 1 unspecified atom stereocenters. The minimum atomic E-state index is -0.280. The van der Waals surface area contributed by atoms with Gasteiger partial charge in [-0.15, -0.1) is 0 Å². The van der Waals surface area contributed by atoms with E-state index in [-0.39, 0.29) is 17.9 Å². The van der Waals surface area contributed by atoms with E-state index in [9.17, 15) is 9.59 Å². The monoisotopic (exact) mass is 209 g/mol. The van der Waals surface area contributed by atoms with Gasteiger partial charge in [-0.05, 0) is 30.9 Å². The largest absolute Gasteiger partial charge is 0.453 e. The molecule has 1 atom stereocenters. The van der Waals surface area contributed by atoms with Crippen molar-refractivity contribution in [3.63, 3.8) is 0 Å². The molecule has 1 fully saturated rings. The molecule has 1 saturated heterocycles. The molecule has 4 nitrogen and oxygen atoms in total. The van der Waals surface area contributed by atoms with Crippen LogP contribution in [0.3, 0.4) is 0 Å². The third-order valence-electron chi connectivity index (χ3n) is 3.35. The van der Waals surface area contributed by atoms with Gasteiger partial charge in [-0.1, -0.05) is 0 Å². The number of ketones is 1. The lowest BCUT2D eigenvalue weighted by Crippen LogP contribution is -2.38. The number of likely N-dealkylation sites (tertiary alicyclic amines) is 1. The van der Waals surface area contributed by atoms with Crippen LogP contribution < -0.4 is 0 Å². The highest BCUT2D eigenvalue weighted by molar-refractivity contribution is 5.97. The molecule has 0 saturated carbocycles. The van der Waals surface area contributed by atoms with Gasteiger partial charge in [0.25, 0.3) is 0 Å². The first kappa shape index (κ1) is 10.2. The lowest BCUT2D eigenvalue weighted by molar-refractivity contribution is -0.116. The highest BCUT2D eigenvalue weighted by Crippen LogP contribution is 2.34. The zero-order valence-electron chi connectivity index (χ0n) is 9.08. The molecular formula is C11H15NO3. The van der Waals surface area contributed by atoms with E-state index >= 15 is 0 Å². The Morgan fingerprint density at radius 1 is 1.47 bits per heavy atom. The summed E-state index contributed by atoms with van der Waals surface area (Å²) in [7, 11) is 1.39. The number of rotatable bonds is 0. The van der Waals surface area contributed by atoms with E-state index in [0.29, 0.717) is 13.0 Å². The van der Waals surface area contributed by atoms with Crippen LogP contribution in [0.5, 0.6) is 0 Å². The Morgan fingerprint density at radius 2 is 2.20 bits per heavy atom. The first-order chi connectivity index (χ1) is 7.15. The number of ether oxygens (including phenoxy) is 1. The molecule has 0 bridgehead atoms. The topological polar surface area (TPSA) is 46.6 Å². The SMILES string of the molecule is COC(=O)N1CCC2=C(C)C(=O)CCC21. The normalized spacial score (nSPS) is 25.6. The second-order valence-corrected chi connectivity index (χ2v) is 4.04. The molecular weight excluding hydrogens is 194 g/mol. The molecule has 0 aromatic heterocycles. The van der Waals surface area contributed by atoms with E-state index in [4.69, 9.17) is 4.74 Å². The number of nitrogens with zero attached hydrogens (tertiary/aromatic N) is 1. The van der Waals surface area contributed by atoms with E-state index in [1.807, 2.05) is 6.92 Å². The number of hydrogen-bond donors (Lipinski definition) is 0. The van der Waals surface area contributed by atoms with Crippen LogP contribution in [0.25, 0.3) is 0 Å². The highest BCUT2D eigenvalue weighted by atomic mass is 16.5. The van der Waals surface area contributed by atoms with E-state index in [2.05, 4.69) is 0 Å². The van der Waals surface area contributed by atoms with E-state index in [1.54, 1.807) is 4.90 Å². The van der Waals surface area contributed by atoms with Crippen LogP contribution >= 0.6 is 0 Å². The fraction of sp³-hybridized carbons (Fsp3) is 0.636. The van der Waals surface area contributed by atoms with Gasteiger partial charge < -0.3 is 9.64 Å². The Hall–Kier alpha value is -1.32. The average Bonchev–Trinajstić information content (AvgIpc) is 2.66. The maximum atomic E-state index is 11.5.